The number of benzene rings is 1. The van der Waals surface area contributed by atoms with Crippen LogP contribution in [0.5, 0.6) is 0 Å². The number of carbonyl (C=O) groups excluding carboxylic acids is 1. The van der Waals surface area contributed by atoms with E-state index < -0.39 is 0 Å². The summed E-state index contributed by atoms with van der Waals surface area (Å²) < 4.78 is 5.05. The first-order chi connectivity index (χ1) is 8.72. The number of unbranched alkanes of at least 4 members (excludes halogenated alkanes) is 1. The molecule has 1 aromatic carbocycles. The summed E-state index contributed by atoms with van der Waals surface area (Å²) in [5, 5.41) is 3.11. The van der Waals surface area contributed by atoms with Gasteiger partial charge < -0.3 is 10.1 Å². The van der Waals surface area contributed by atoms with E-state index in [0.717, 1.165) is 25.8 Å². The summed E-state index contributed by atoms with van der Waals surface area (Å²) in [6.07, 6.45) is 2.92. The van der Waals surface area contributed by atoms with E-state index in [4.69, 9.17) is 4.74 Å². The summed E-state index contributed by atoms with van der Waals surface area (Å²) in [6, 6.07) is 8.42. The number of hydrogen-bond donors (Lipinski definition) is 1. The Morgan fingerprint density at radius 3 is 2.94 bits per heavy atom. The molecule has 3 heteroatoms. The Bertz CT molecular complexity index is 363. The molecular weight excluding hydrogens is 226 g/mol. The molecule has 0 amide bonds. The normalized spacial score (nSPS) is 10.3. The van der Waals surface area contributed by atoms with E-state index in [1.165, 1.54) is 11.1 Å². The number of hydrogen-bond acceptors (Lipinski definition) is 3. The molecule has 0 aliphatic carbocycles. The van der Waals surface area contributed by atoms with Crippen LogP contribution >= 0.6 is 0 Å². The number of carbonyl (C=O) groups is 1. The third kappa shape index (κ3) is 6.40. The molecule has 100 valence electrons. The second-order valence-corrected chi connectivity index (χ2v) is 4.49. The van der Waals surface area contributed by atoms with Crippen molar-refractivity contribution in [2.75, 3.05) is 19.7 Å². The number of esters is 1. The van der Waals surface area contributed by atoms with Crippen LogP contribution in [-0.4, -0.2) is 25.7 Å². The van der Waals surface area contributed by atoms with Crippen molar-refractivity contribution >= 4 is 5.97 Å². The van der Waals surface area contributed by atoms with Crippen molar-refractivity contribution < 1.29 is 9.53 Å². The molecule has 1 rings (SSSR count). The molecule has 0 spiro atoms. The van der Waals surface area contributed by atoms with Crippen LogP contribution in [0.1, 0.15) is 30.9 Å². The van der Waals surface area contributed by atoms with Crippen LogP contribution in [0.15, 0.2) is 24.3 Å². The Balaban J connectivity index is 2.09. The van der Waals surface area contributed by atoms with E-state index in [1.54, 1.807) is 0 Å². The molecule has 3 nitrogen and oxygen atoms in total. The van der Waals surface area contributed by atoms with E-state index in [1.807, 2.05) is 0 Å². The highest BCUT2D eigenvalue weighted by atomic mass is 16.5. The third-order valence-electron chi connectivity index (χ3n) is 2.70. The molecule has 0 fully saturated rings. The average molecular weight is 249 g/mol. The van der Waals surface area contributed by atoms with Gasteiger partial charge in [0, 0.05) is 0 Å². The van der Waals surface area contributed by atoms with Gasteiger partial charge in [-0.25, -0.2) is 0 Å². The minimum absolute atomic E-state index is 0.160. The van der Waals surface area contributed by atoms with E-state index >= 15 is 0 Å². The summed E-state index contributed by atoms with van der Waals surface area (Å²) in [4.78, 5) is 11.3. The maximum atomic E-state index is 11.3. The summed E-state index contributed by atoms with van der Waals surface area (Å²) >= 11 is 0. The van der Waals surface area contributed by atoms with Gasteiger partial charge >= 0.3 is 5.97 Å². The van der Waals surface area contributed by atoms with E-state index in [-0.39, 0.29) is 5.97 Å². The molecule has 1 N–H and O–H groups in total. The van der Waals surface area contributed by atoms with Crippen molar-refractivity contribution in [2.24, 2.45) is 0 Å². The summed E-state index contributed by atoms with van der Waals surface area (Å²) in [6.45, 7) is 5.80. The maximum absolute atomic E-state index is 11.3. The fraction of sp³-hybridized carbons (Fsp3) is 0.533. The van der Waals surface area contributed by atoms with Crippen LogP contribution in [0.25, 0.3) is 0 Å². The first-order valence-corrected chi connectivity index (χ1v) is 6.64. The summed E-state index contributed by atoms with van der Waals surface area (Å²) in [7, 11) is 0. The number of nitrogens with one attached hydrogen (secondary N) is 1. The highest BCUT2D eigenvalue weighted by Gasteiger charge is 2.01. The average Bonchev–Trinajstić information content (AvgIpc) is 2.35. The molecule has 0 saturated heterocycles. The zero-order valence-electron chi connectivity index (χ0n) is 11.4. The van der Waals surface area contributed by atoms with E-state index in [0.29, 0.717) is 13.2 Å². The fourth-order valence-corrected chi connectivity index (χ4v) is 1.67. The SMILES string of the molecule is CCCCOC(=O)CNCCc1cccc(C)c1. The summed E-state index contributed by atoms with van der Waals surface area (Å²) in [5.41, 5.74) is 2.56. The molecule has 0 aliphatic heterocycles. The van der Waals surface area contributed by atoms with Gasteiger partial charge in [-0.1, -0.05) is 43.2 Å². The molecule has 0 aromatic heterocycles. The lowest BCUT2D eigenvalue weighted by molar-refractivity contribution is -0.142. The van der Waals surface area contributed by atoms with Gasteiger partial charge in [0.15, 0.2) is 0 Å². The molecule has 0 aliphatic rings. The fourth-order valence-electron chi connectivity index (χ4n) is 1.67. The van der Waals surface area contributed by atoms with Crippen LogP contribution in [0, 0.1) is 6.92 Å². The van der Waals surface area contributed by atoms with Crippen LogP contribution in [0.3, 0.4) is 0 Å². The smallest absolute Gasteiger partial charge is 0.319 e. The predicted octanol–water partition coefficient (Wildman–Crippen LogP) is 2.47. The van der Waals surface area contributed by atoms with Crippen molar-refractivity contribution in [1.82, 2.24) is 5.32 Å². The second-order valence-electron chi connectivity index (χ2n) is 4.49. The highest BCUT2D eigenvalue weighted by Crippen LogP contribution is 2.03. The van der Waals surface area contributed by atoms with Gasteiger partial charge in [-0.2, -0.15) is 0 Å². The molecule has 0 bridgehead atoms. The Kier molecular flexibility index (Phi) is 7.11. The Morgan fingerprint density at radius 2 is 2.22 bits per heavy atom. The topological polar surface area (TPSA) is 38.3 Å². The second kappa shape index (κ2) is 8.70. The Morgan fingerprint density at radius 1 is 1.39 bits per heavy atom. The highest BCUT2D eigenvalue weighted by molar-refractivity contribution is 5.71. The van der Waals surface area contributed by atoms with E-state index in [9.17, 15) is 4.79 Å². The lowest BCUT2D eigenvalue weighted by Gasteiger charge is -2.06. The molecule has 0 unspecified atom stereocenters. The quantitative estimate of drug-likeness (QED) is 0.568. The Labute approximate surface area is 110 Å². The van der Waals surface area contributed by atoms with Gasteiger partial charge in [0.05, 0.1) is 13.2 Å². The van der Waals surface area contributed by atoms with Gasteiger partial charge in [-0.05, 0) is 31.9 Å². The molecule has 0 saturated carbocycles. The van der Waals surface area contributed by atoms with Gasteiger partial charge in [0.1, 0.15) is 0 Å². The van der Waals surface area contributed by atoms with Gasteiger partial charge in [0.25, 0.3) is 0 Å². The van der Waals surface area contributed by atoms with Gasteiger partial charge in [-0.3, -0.25) is 4.79 Å². The Hall–Kier alpha value is -1.35. The number of rotatable bonds is 8. The standard InChI is InChI=1S/C15H23NO2/c1-3-4-10-18-15(17)12-16-9-8-14-7-5-6-13(2)11-14/h5-7,11,16H,3-4,8-10,12H2,1-2H3. The van der Waals surface area contributed by atoms with Crippen LogP contribution in [0.4, 0.5) is 0 Å². The monoisotopic (exact) mass is 249 g/mol. The minimum atomic E-state index is -0.160. The molecule has 1 aromatic rings. The zero-order valence-corrected chi connectivity index (χ0v) is 11.4. The van der Waals surface area contributed by atoms with E-state index in [2.05, 4.69) is 43.4 Å². The van der Waals surface area contributed by atoms with Crippen LogP contribution < -0.4 is 5.32 Å². The van der Waals surface area contributed by atoms with Gasteiger partial charge in [-0.15, -0.1) is 0 Å². The molecule has 0 radical (unpaired) electrons. The minimum Gasteiger partial charge on any atom is -0.465 e. The van der Waals surface area contributed by atoms with Gasteiger partial charge in [0.2, 0.25) is 0 Å². The molecule has 0 atom stereocenters. The third-order valence-corrected chi connectivity index (χ3v) is 2.70. The first-order valence-electron chi connectivity index (χ1n) is 6.64. The largest absolute Gasteiger partial charge is 0.465 e. The van der Waals surface area contributed by atoms with Crippen molar-refractivity contribution in [3.63, 3.8) is 0 Å². The lowest BCUT2D eigenvalue weighted by Crippen LogP contribution is -2.26. The lowest BCUT2D eigenvalue weighted by atomic mass is 10.1. The van der Waals surface area contributed by atoms with Crippen molar-refractivity contribution in [3.05, 3.63) is 35.4 Å². The van der Waals surface area contributed by atoms with Crippen molar-refractivity contribution in [3.8, 4) is 0 Å². The first kappa shape index (κ1) is 14.7. The molecule has 18 heavy (non-hydrogen) atoms. The van der Waals surface area contributed by atoms with Crippen molar-refractivity contribution in [2.45, 2.75) is 33.1 Å². The maximum Gasteiger partial charge on any atom is 0.319 e. The van der Waals surface area contributed by atoms with Crippen LogP contribution in [-0.2, 0) is 16.0 Å². The van der Waals surface area contributed by atoms with Crippen molar-refractivity contribution in [1.29, 1.82) is 0 Å². The predicted molar refractivity (Wildman–Crippen MR) is 73.6 cm³/mol. The molecular formula is C15H23NO2. The number of ether oxygens (including phenoxy) is 1. The number of aryl methyl sites for hydroxylation is 1. The summed E-state index contributed by atoms with van der Waals surface area (Å²) in [5.74, 6) is -0.160. The zero-order chi connectivity index (χ0) is 13.2. The van der Waals surface area contributed by atoms with Crippen LogP contribution in [0.2, 0.25) is 0 Å². The molecule has 0 heterocycles.